The van der Waals surface area contributed by atoms with Crippen molar-refractivity contribution in [3.8, 4) is 45.4 Å². The highest BCUT2D eigenvalue weighted by molar-refractivity contribution is 6.39. The molecular weight excluding hydrogens is 609 g/mol. The van der Waals surface area contributed by atoms with Gasteiger partial charge in [-0.15, -0.1) is 0 Å². The van der Waals surface area contributed by atoms with Gasteiger partial charge in [0.25, 0.3) is 0 Å². The molecule has 0 spiro atoms. The second kappa shape index (κ2) is 14.1. The number of allylic oxidation sites excluding steroid dienone is 1. The first-order valence-corrected chi connectivity index (χ1v) is 16.0. The zero-order valence-electron chi connectivity index (χ0n) is 25.6. The molecule has 9 nitrogen and oxygen atoms in total. The van der Waals surface area contributed by atoms with Gasteiger partial charge in [0, 0.05) is 53.6 Å². The van der Waals surface area contributed by atoms with Crippen molar-refractivity contribution in [1.82, 2.24) is 35.5 Å². The third kappa shape index (κ3) is 6.92. The molecule has 2 fully saturated rings. The van der Waals surface area contributed by atoms with Gasteiger partial charge in [-0.1, -0.05) is 66.2 Å². The van der Waals surface area contributed by atoms with Gasteiger partial charge in [-0.3, -0.25) is 14.9 Å². The molecule has 45 heavy (non-hydrogen) atoms. The van der Waals surface area contributed by atoms with Gasteiger partial charge in [-0.05, 0) is 38.8 Å². The molecule has 0 saturated carbocycles. The Bertz CT molecular complexity index is 1690. The molecule has 0 bridgehead atoms. The highest BCUT2D eigenvalue weighted by Crippen LogP contribution is 2.42. The van der Waals surface area contributed by atoms with E-state index in [-0.39, 0.29) is 0 Å². The number of ether oxygens (including phenoxy) is 2. The van der Waals surface area contributed by atoms with Crippen LogP contribution in [0.25, 0.3) is 33.6 Å². The maximum absolute atomic E-state index is 7.05. The van der Waals surface area contributed by atoms with E-state index in [0.29, 0.717) is 52.3 Å². The summed E-state index contributed by atoms with van der Waals surface area (Å²) >= 11 is 14.1. The average Bonchev–Trinajstić information content (AvgIpc) is 3.73. The van der Waals surface area contributed by atoms with Gasteiger partial charge in [0.15, 0.2) is 0 Å². The van der Waals surface area contributed by atoms with E-state index < -0.39 is 0 Å². The van der Waals surface area contributed by atoms with Crippen LogP contribution in [0.15, 0.2) is 61.1 Å². The van der Waals surface area contributed by atoms with E-state index >= 15 is 0 Å². The third-order valence-electron chi connectivity index (χ3n) is 8.31. The number of likely N-dealkylation sites (tertiary alicyclic amines) is 1. The van der Waals surface area contributed by atoms with E-state index in [1.54, 1.807) is 26.6 Å². The van der Waals surface area contributed by atoms with Crippen molar-refractivity contribution in [2.24, 2.45) is 0 Å². The van der Waals surface area contributed by atoms with Crippen LogP contribution in [0.2, 0.25) is 10.0 Å². The van der Waals surface area contributed by atoms with Gasteiger partial charge in [0.1, 0.15) is 11.4 Å². The molecule has 234 valence electrons. The lowest BCUT2D eigenvalue weighted by atomic mass is 9.98. The third-order valence-corrected chi connectivity index (χ3v) is 9.12. The maximum Gasteiger partial charge on any atom is 0.237 e. The number of methoxy groups -OCH3 is 2. The monoisotopic (exact) mass is 645 g/mol. The van der Waals surface area contributed by atoms with Crippen LogP contribution in [0.1, 0.15) is 37.1 Å². The SMILES string of the molecule is C=C1CC[C@@H](CNCc2ncc(-c3cccc(-c4cccc(-c5cnc(CN6CCCC6)c(OC)n5)c4Cl)c3Cl)nc2OC)N1. The smallest absolute Gasteiger partial charge is 0.237 e. The number of benzene rings is 2. The van der Waals surface area contributed by atoms with E-state index in [4.69, 9.17) is 47.6 Å². The van der Waals surface area contributed by atoms with E-state index in [1.807, 2.05) is 36.4 Å². The molecule has 0 radical (unpaired) electrons. The second-order valence-corrected chi connectivity index (χ2v) is 12.1. The molecule has 2 aliphatic heterocycles. The number of hydrogen-bond donors (Lipinski definition) is 2. The molecule has 4 heterocycles. The van der Waals surface area contributed by atoms with Crippen molar-refractivity contribution in [3.63, 3.8) is 0 Å². The molecule has 2 aliphatic rings. The summed E-state index contributed by atoms with van der Waals surface area (Å²) in [6, 6.07) is 12.0. The lowest BCUT2D eigenvalue weighted by Gasteiger charge is -2.17. The van der Waals surface area contributed by atoms with Crippen molar-refractivity contribution in [2.75, 3.05) is 33.9 Å². The summed E-state index contributed by atoms with van der Waals surface area (Å²) in [5.74, 6) is 0.958. The molecule has 11 heteroatoms. The van der Waals surface area contributed by atoms with Crippen LogP contribution in [0.4, 0.5) is 0 Å². The Hall–Kier alpha value is -3.76. The normalized spacial score (nSPS) is 16.6. The first-order valence-electron chi connectivity index (χ1n) is 15.2. The highest BCUT2D eigenvalue weighted by atomic mass is 35.5. The average molecular weight is 647 g/mol. The minimum absolute atomic E-state index is 0.371. The molecule has 2 N–H and O–H groups in total. The molecular formula is C34H37Cl2N7O2. The Balaban J connectivity index is 1.25. The lowest BCUT2D eigenvalue weighted by Crippen LogP contribution is -2.33. The molecule has 6 rings (SSSR count). The largest absolute Gasteiger partial charge is 0.480 e. The maximum atomic E-state index is 7.05. The van der Waals surface area contributed by atoms with E-state index in [2.05, 4.69) is 27.1 Å². The molecule has 0 unspecified atom stereocenters. The molecule has 2 aromatic heterocycles. The molecule has 0 aliphatic carbocycles. The molecule has 1 atom stereocenters. The highest BCUT2D eigenvalue weighted by Gasteiger charge is 2.21. The molecule has 2 aromatic carbocycles. The number of hydrogen-bond acceptors (Lipinski definition) is 9. The predicted octanol–water partition coefficient (Wildman–Crippen LogP) is 6.54. The summed E-state index contributed by atoms with van der Waals surface area (Å²) in [6.07, 6.45) is 7.98. The number of halogens is 2. The van der Waals surface area contributed by atoms with Crippen LogP contribution < -0.4 is 20.1 Å². The van der Waals surface area contributed by atoms with Gasteiger partial charge in [0.2, 0.25) is 11.8 Å². The number of nitrogens with one attached hydrogen (secondary N) is 2. The van der Waals surface area contributed by atoms with Crippen molar-refractivity contribution < 1.29 is 9.47 Å². The fourth-order valence-corrected chi connectivity index (χ4v) is 6.59. The van der Waals surface area contributed by atoms with Gasteiger partial charge < -0.3 is 20.1 Å². The van der Waals surface area contributed by atoms with Crippen molar-refractivity contribution >= 4 is 23.2 Å². The Morgan fingerprint density at radius 2 is 1.42 bits per heavy atom. The standard InChI is InChI=1S/C34H37Cl2N7O2/c1-21-12-13-22(40-21)16-37-17-29-33(44-2)41-27(18-38-29)25-10-6-8-23(31(25)35)24-9-7-11-26(32(24)36)28-19-39-30(34(42-28)45-3)20-43-14-4-5-15-43/h6-11,18-19,22,37,40H,1,4-5,12-17,20H2,2-3H3/t22-/m0/s1. The predicted molar refractivity (Wildman–Crippen MR) is 179 cm³/mol. The Morgan fingerprint density at radius 3 is 1.98 bits per heavy atom. The van der Waals surface area contributed by atoms with Crippen LogP contribution in [0.5, 0.6) is 11.8 Å². The van der Waals surface area contributed by atoms with Crippen LogP contribution in [0, 0.1) is 0 Å². The zero-order valence-corrected chi connectivity index (χ0v) is 27.1. The molecule has 4 aromatic rings. The summed E-state index contributed by atoms with van der Waals surface area (Å²) in [4.78, 5) is 21.3. The summed E-state index contributed by atoms with van der Waals surface area (Å²) in [5.41, 5.74) is 6.87. The summed E-state index contributed by atoms with van der Waals surface area (Å²) in [5, 5.41) is 7.87. The van der Waals surface area contributed by atoms with Gasteiger partial charge in [0.05, 0.1) is 48.0 Å². The Kier molecular flexibility index (Phi) is 9.80. The van der Waals surface area contributed by atoms with Gasteiger partial charge >= 0.3 is 0 Å². The summed E-state index contributed by atoms with van der Waals surface area (Å²) in [7, 11) is 3.22. The Morgan fingerprint density at radius 1 is 0.867 bits per heavy atom. The first-order chi connectivity index (χ1) is 21.9. The minimum Gasteiger partial charge on any atom is -0.480 e. The van der Waals surface area contributed by atoms with Crippen LogP contribution >= 0.6 is 23.2 Å². The summed E-state index contributed by atoms with van der Waals surface area (Å²) < 4.78 is 11.3. The van der Waals surface area contributed by atoms with Gasteiger partial charge in [-0.25, -0.2) is 9.97 Å². The topological polar surface area (TPSA) is 97.3 Å². The van der Waals surface area contributed by atoms with Crippen molar-refractivity contribution in [3.05, 3.63) is 82.5 Å². The lowest BCUT2D eigenvalue weighted by molar-refractivity contribution is 0.312. The molecule has 2 saturated heterocycles. The number of aromatic nitrogens is 4. The van der Waals surface area contributed by atoms with Crippen molar-refractivity contribution in [1.29, 1.82) is 0 Å². The van der Waals surface area contributed by atoms with E-state index in [9.17, 15) is 0 Å². The quantitative estimate of drug-likeness (QED) is 0.188. The van der Waals surface area contributed by atoms with Crippen LogP contribution in [-0.2, 0) is 13.1 Å². The number of nitrogens with zero attached hydrogens (tertiary/aromatic N) is 5. The van der Waals surface area contributed by atoms with Crippen LogP contribution in [0.3, 0.4) is 0 Å². The van der Waals surface area contributed by atoms with E-state index in [1.165, 1.54) is 12.8 Å². The van der Waals surface area contributed by atoms with Crippen molar-refractivity contribution in [2.45, 2.75) is 44.8 Å². The van der Waals surface area contributed by atoms with Crippen LogP contribution in [-0.4, -0.2) is 64.7 Å². The molecule has 0 amide bonds. The van der Waals surface area contributed by atoms with Gasteiger partial charge in [-0.2, -0.15) is 0 Å². The van der Waals surface area contributed by atoms with E-state index in [0.717, 1.165) is 71.8 Å². The fourth-order valence-electron chi connectivity index (χ4n) is 5.94. The first kappa shape index (κ1) is 31.2. The summed E-state index contributed by atoms with van der Waals surface area (Å²) in [6.45, 7) is 8.19. The number of rotatable bonds is 11. The minimum atomic E-state index is 0.371. The Labute approximate surface area is 274 Å². The second-order valence-electron chi connectivity index (χ2n) is 11.4. The zero-order chi connectivity index (χ0) is 31.3. The fraction of sp³-hybridized carbons (Fsp3) is 0.353.